The van der Waals surface area contributed by atoms with Gasteiger partial charge in [0.05, 0.1) is 0 Å². The summed E-state index contributed by atoms with van der Waals surface area (Å²) in [6.07, 6.45) is 1.23. The van der Waals surface area contributed by atoms with Crippen LogP contribution >= 0.6 is 0 Å². The summed E-state index contributed by atoms with van der Waals surface area (Å²) in [6.45, 7) is 2.92. The summed E-state index contributed by atoms with van der Waals surface area (Å²) in [6, 6.07) is 9.37. The molecule has 0 spiro atoms. The van der Waals surface area contributed by atoms with Crippen LogP contribution in [-0.2, 0) is 19.1 Å². The number of nitrogens with one attached hydrogen (secondary N) is 1. The highest BCUT2D eigenvalue weighted by molar-refractivity contribution is 6.18. The molecule has 3 rings (SSSR count). The molecule has 1 saturated heterocycles. The summed E-state index contributed by atoms with van der Waals surface area (Å²) in [4.78, 5) is 23.8. The van der Waals surface area contributed by atoms with Crippen LogP contribution in [0.25, 0.3) is 17.4 Å². The van der Waals surface area contributed by atoms with Gasteiger partial charge < -0.3 is 19.1 Å². The second-order valence-corrected chi connectivity index (χ2v) is 5.82. The predicted molar refractivity (Wildman–Crippen MR) is 84.2 cm³/mol. The number of esters is 2. The number of furan rings is 1. The highest BCUT2D eigenvalue weighted by Gasteiger charge is 2.39. The Balaban J connectivity index is 1.88. The van der Waals surface area contributed by atoms with Gasteiger partial charge in [0.15, 0.2) is 5.69 Å². The van der Waals surface area contributed by atoms with Gasteiger partial charge in [0.1, 0.15) is 17.1 Å². The number of rotatable bonds is 3. The van der Waals surface area contributed by atoms with E-state index in [1.54, 1.807) is 24.3 Å². The third kappa shape index (κ3) is 3.61. The van der Waals surface area contributed by atoms with Gasteiger partial charge in [0.25, 0.3) is 5.79 Å². The number of hydrogen-bond acceptors (Lipinski definition) is 7. The third-order valence-electron chi connectivity index (χ3n) is 3.42. The monoisotopic (exact) mass is 345 g/mol. The van der Waals surface area contributed by atoms with E-state index in [0.29, 0.717) is 11.3 Å². The lowest BCUT2D eigenvalue weighted by atomic mass is 10.1. The van der Waals surface area contributed by atoms with Crippen LogP contribution in [0.15, 0.2) is 46.4 Å². The van der Waals surface area contributed by atoms with Crippen molar-refractivity contribution in [3.05, 3.63) is 52.9 Å². The van der Waals surface area contributed by atoms with Gasteiger partial charge in [0.2, 0.25) is 0 Å². The molecule has 1 aliphatic heterocycles. The van der Waals surface area contributed by atoms with Crippen LogP contribution in [0.1, 0.15) is 19.6 Å². The van der Waals surface area contributed by atoms with Crippen LogP contribution in [0.2, 0.25) is 0 Å². The summed E-state index contributed by atoms with van der Waals surface area (Å²) < 4.78 is 15.6. The maximum Gasteiger partial charge on any atom is 0.348 e. The van der Waals surface area contributed by atoms with Gasteiger partial charge in [-0.25, -0.2) is 14.8 Å². The average Bonchev–Trinajstić information content (AvgIpc) is 2.99. The number of hydrogen-bond donors (Lipinski definition) is 2. The van der Waals surface area contributed by atoms with Crippen molar-refractivity contribution in [1.29, 1.82) is 0 Å². The summed E-state index contributed by atoms with van der Waals surface area (Å²) in [5.41, 5.74) is 0.398. The van der Waals surface area contributed by atoms with E-state index in [4.69, 9.17) is 19.1 Å². The summed E-state index contributed by atoms with van der Waals surface area (Å²) in [5, 5.41) is 19.0. The molecule has 0 saturated carbocycles. The van der Waals surface area contributed by atoms with Gasteiger partial charge in [-0.15, -0.1) is 0 Å². The van der Waals surface area contributed by atoms with Crippen LogP contribution in [-0.4, -0.2) is 22.9 Å². The van der Waals surface area contributed by atoms with E-state index in [2.05, 4.69) is 0 Å². The molecule has 8 nitrogen and oxygen atoms in total. The van der Waals surface area contributed by atoms with Gasteiger partial charge in [-0.2, -0.15) is 5.23 Å². The second-order valence-electron chi connectivity index (χ2n) is 5.82. The zero-order valence-corrected chi connectivity index (χ0v) is 13.4. The van der Waals surface area contributed by atoms with Crippen molar-refractivity contribution < 1.29 is 33.9 Å². The van der Waals surface area contributed by atoms with Crippen LogP contribution < -0.4 is 5.23 Å². The van der Waals surface area contributed by atoms with Gasteiger partial charge in [-0.05, 0) is 12.1 Å². The summed E-state index contributed by atoms with van der Waals surface area (Å²) >= 11 is 0. The Morgan fingerprint density at radius 3 is 2.44 bits per heavy atom. The predicted octanol–water partition coefficient (Wildman–Crippen LogP) is 1.57. The Hall–Kier alpha value is -2.94. The topological polar surface area (TPSA) is 113 Å². The Kier molecular flexibility index (Phi) is 4.17. The second kappa shape index (κ2) is 6.17. The molecular weight excluding hydrogens is 330 g/mol. The number of benzene rings is 1. The molecule has 1 aliphatic rings. The Bertz CT molecular complexity index is 841. The van der Waals surface area contributed by atoms with Crippen LogP contribution in [0, 0.1) is 5.21 Å². The number of ether oxygens (including phenoxy) is 2. The van der Waals surface area contributed by atoms with Crippen molar-refractivity contribution in [3.8, 4) is 11.3 Å². The van der Waals surface area contributed by atoms with E-state index < -0.39 is 23.0 Å². The van der Waals surface area contributed by atoms with E-state index in [1.807, 2.05) is 0 Å². The van der Waals surface area contributed by atoms with Gasteiger partial charge in [-0.3, -0.25) is 0 Å². The smallest absolute Gasteiger partial charge is 0.348 e. The molecule has 0 amide bonds. The van der Waals surface area contributed by atoms with Gasteiger partial charge >= 0.3 is 11.9 Å². The first-order chi connectivity index (χ1) is 11.7. The van der Waals surface area contributed by atoms with E-state index >= 15 is 0 Å². The molecule has 130 valence electrons. The third-order valence-corrected chi connectivity index (χ3v) is 3.42. The number of carbonyl (C=O) groups excluding carboxylic acids is 2. The first-order valence-corrected chi connectivity index (χ1v) is 7.37. The zero-order valence-electron chi connectivity index (χ0n) is 13.4. The van der Waals surface area contributed by atoms with Crippen LogP contribution in [0.4, 0.5) is 5.69 Å². The molecule has 2 heterocycles. The molecule has 1 aromatic heterocycles. The molecule has 1 atom stereocenters. The van der Waals surface area contributed by atoms with Crippen molar-refractivity contribution >= 4 is 23.7 Å². The molecule has 1 fully saturated rings. The van der Waals surface area contributed by atoms with Crippen molar-refractivity contribution in [2.24, 2.45) is 0 Å². The number of carbonyl (C=O) groups is 2. The van der Waals surface area contributed by atoms with Gasteiger partial charge in [-0.1, -0.05) is 12.1 Å². The molecule has 1 aromatic carbocycles. The molecule has 0 aliphatic carbocycles. The number of cyclic esters (lactones) is 2. The van der Waals surface area contributed by atoms with Crippen molar-refractivity contribution in [2.45, 2.75) is 19.6 Å². The lowest BCUT2D eigenvalue weighted by Crippen LogP contribution is -2.99. The summed E-state index contributed by atoms with van der Waals surface area (Å²) in [7, 11) is 0. The molecular formula is C17H15NO7. The Morgan fingerprint density at radius 1 is 1.12 bits per heavy atom. The summed E-state index contributed by atoms with van der Waals surface area (Å²) in [5.74, 6) is -2.27. The first-order valence-electron chi connectivity index (χ1n) is 7.37. The molecule has 2 N–H and O–H groups in total. The van der Waals surface area contributed by atoms with Gasteiger partial charge in [0, 0.05) is 37.6 Å². The quantitative estimate of drug-likeness (QED) is 0.376. The Labute approximate surface area is 142 Å². The standard InChI is InChI=1S/C17H15NO7/c1-17(2)24-15(19)13(16(20)25-17)9-12-6-7-14(23-12)10-4-3-5-11(8-10)18(21)22/h3-9,18,21H,1-2H3. The van der Waals surface area contributed by atoms with Crippen molar-refractivity contribution in [3.63, 3.8) is 0 Å². The van der Waals surface area contributed by atoms with Crippen molar-refractivity contribution in [2.75, 3.05) is 0 Å². The van der Waals surface area contributed by atoms with Crippen molar-refractivity contribution in [1.82, 2.24) is 0 Å². The molecule has 0 bridgehead atoms. The largest absolute Gasteiger partial charge is 0.595 e. The molecule has 2 aromatic rings. The van der Waals surface area contributed by atoms with E-state index in [9.17, 15) is 14.8 Å². The van der Waals surface area contributed by atoms with E-state index in [-0.39, 0.29) is 17.0 Å². The van der Waals surface area contributed by atoms with Crippen LogP contribution in [0.3, 0.4) is 0 Å². The highest BCUT2D eigenvalue weighted by atomic mass is 16.8. The Morgan fingerprint density at radius 2 is 1.80 bits per heavy atom. The lowest BCUT2D eigenvalue weighted by molar-refractivity contribution is -0.991. The minimum absolute atomic E-state index is 0.121. The number of quaternary nitrogens is 1. The molecule has 25 heavy (non-hydrogen) atoms. The minimum Gasteiger partial charge on any atom is -0.595 e. The minimum atomic E-state index is -1.31. The highest BCUT2D eigenvalue weighted by Crippen LogP contribution is 2.27. The van der Waals surface area contributed by atoms with E-state index in [1.165, 1.54) is 32.1 Å². The SMILES string of the molecule is CC1(C)OC(=O)C(=Cc2ccc(-c3cccc([NH+]([O-])O)c3)o2)C(=O)O1. The fourth-order valence-corrected chi connectivity index (χ4v) is 2.31. The lowest BCUT2D eigenvalue weighted by Gasteiger charge is -2.29. The molecule has 0 radical (unpaired) electrons. The zero-order chi connectivity index (χ0) is 18.2. The van der Waals surface area contributed by atoms with E-state index in [0.717, 1.165) is 0 Å². The first kappa shape index (κ1) is 16.9. The fraction of sp³-hybridized carbons (Fsp3) is 0.176. The normalized spacial score (nSPS) is 17.7. The maximum absolute atomic E-state index is 11.9. The van der Waals surface area contributed by atoms with Crippen LogP contribution in [0.5, 0.6) is 0 Å². The fourth-order valence-electron chi connectivity index (χ4n) is 2.31. The molecule has 8 heteroatoms. The maximum atomic E-state index is 11.9. The molecule has 1 unspecified atom stereocenters. The average molecular weight is 345 g/mol.